The first kappa shape index (κ1) is 17.1. The predicted molar refractivity (Wildman–Crippen MR) is 80.7 cm³/mol. The zero-order valence-electron chi connectivity index (χ0n) is 13.0. The number of nitrogens with two attached hydrogens (primary N) is 1. The predicted octanol–water partition coefficient (Wildman–Crippen LogP) is 1.97. The van der Waals surface area contributed by atoms with Gasteiger partial charge in [-0.15, -0.1) is 0 Å². The van der Waals surface area contributed by atoms with E-state index in [-0.39, 0.29) is 24.8 Å². The number of hydrogen-bond donors (Lipinski definition) is 3. The molecule has 0 aliphatic rings. The van der Waals surface area contributed by atoms with Crippen molar-refractivity contribution in [2.45, 2.75) is 32.3 Å². The van der Waals surface area contributed by atoms with Crippen molar-refractivity contribution >= 4 is 6.09 Å². The maximum atomic E-state index is 11.6. The van der Waals surface area contributed by atoms with Crippen LogP contribution in [0.5, 0.6) is 11.5 Å². The standard InChI is InChI=1S/C15H24N2O4/c1-15(2,3)21-14(19)17-9-10(8-16)12-6-5-11(20-4)7-13(12)18/h5-7,10,18H,8-9,16H2,1-4H3,(H,17,19). The molecule has 0 bridgehead atoms. The monoisotopic (exact) mass is 296 g/mol. The van der Waals surface area contributed by atoms with Crippen LogP contribution in [-0.2, 0) is 4.74 Å². The van der Waals surface area contributed by atoms with Crippen molar-refractivity contribution in [3.63, 3.8) is 0 Å². The summed E-state index contributed by atoms with van der Waals surface area (Å²) in [5.74, 6) is 0.450. The van der Waals surface area contributed by atoms with Gasteiger partial charge in [-0.05, 0) is 26.8 Å². The first-order chi connectivity index (χ1) is 9.76. The van der Waals surface area contributed by atoms with E-state index in [0.29, 0.717) is 11.3 Å². The second-order valence-electron chi connectivity index (χ2n) is 5.74. The Morgan fingerprint density at radius 1 is 1.43 bits per heavy atom. The van der Waals surface area contributed by atoms with Crippen molar-refractivity contribution in [1.29, 1.82) is 0 Å². The zero-order chi connectivity index (χ0) is 16.0. The molecule has 0 fully saturated rings. The van der Waals surface area contributed by atoms with Crippen molar-refractivity contribution in [2.24, 2.45) is 5.73 Å². The van der Waals surface area contributed by atoms with Crippen LogP contribution >= 0.6 is 0 Å². The summed E-state index contributed by atoms with van der Waals surface area (Å²) in [6.45, 7) is 5.95. The van der Waals surface area contributed by atoms with E-state index in [0.717, 1.165) is 0 Å². The zero-order valence-corrected chi connectivity index (χ0v) is 13.0. The lowest BCUT2D eigenvalue weighted by Crippen LogP contribution is -2.36. The summed E-state index contributed by atoms with van der Waals surface area (Å²) in [6.07, 6.45) is -0.506. The molecule has 0 aliphatic heterocycles. The SMILES string of the molecule is COc1ccc(C(CN)CNC(=O)OC(C)(C)C)c(O)c1. The van der Waals surface area contributed by atoms with E-state index in [1.807, 2.05) is 0 Å². The van der Waals surface area contributed by atoms with Gasteiger partial charge < -0.3 is 25.6 Å². The number of carbonyl (C=O) groups excluding carboxylic acids is 1. The number of hydrogen-bond acceptors (Lipinski definition) is 5. The molecule has 0 aromatic heterocycles. The third-order valence-corrected chi connectivity index (χ3v) is 2.85. The number of ether oxygens (including phenoxy) is 2. The Kier molecular flexibility index (Phi) is 5.84. The third kappa shape index (κ3) is 5.51. The number of aromatic hydroxyl groups is 1. The second-order valence-corrected chi connectivity index (χ2v) is 5.74. The number of rotatable bonds is 5. The Hall–Kier alpha value is -1.95. The van der Waals surface area contributed by atoms with Gasteiger partial charge in [-0.1, -0.05) is 6.07 Å². The van der Waals surface area contributed by atoms with Crippen LogP contribution in [-0.4, -0.2) is 37.0 Å². The number of methoxy groups -OCH3 is 1. The van der Waals surface area contributed by atoms with Crippen molar-refractivity contribution < 1.29 is 19.4 Å². The molecule has 1 unspecified atom stereocenters. The Morgan fingerprint density at radius 2 is 2.10 bits per heavy atom. The molecule has 4 N–H and O–H groups in total. The van der Waals surface area contributed by atoms with Crippen LogP contribution < -0.4 is 15.8 Å². The highest BCUT2D eigenvalue weighted by molar-refractivity contribution is 5.67. The van der Waals surface area contributed by atoms with Gasteiger partial charge in [0.1, 0.15) is 17.1 Å². The van der Waals surface area contributed by atoms with Crippen molar-refractivity contribution in [3.8, 4) is 11.5 Å². The first-order valence-electron chi connectivity index (χ1n) is 6.80. The van der Waals surface area contributed by atoms with Gasteiger partial charge in [0.15, 0.2) is 0 Å². The molecule has 1 aromatic rings. The van der Waals surface area contributed by atoms with Crippen LogP contribution in [0, 0.1) is 0 Å². The minimum Gasteiger partial charge on any atom is -0.508 e. The maximum absolute atomic E-state index is 11.6. The number of phenols is 1. The minimum absolute atomic E-state index is 0.0933. The van der Waals surface area contributed by atoms with Crippen LogP contribution in [0.2, 0.25) is 0 Å². The lowest BCUT2D eigenvalue weighted by Gasteiger charge is -2.22. The number of amides is 1. The van der Waals surface area contributed by atoms with Crippen molar-refractivity contribution in [3.05, 3.63) is 23.8 Å². The van der Waals surface area contributed by atoms with E-state index in [1.54, 1.807) is 32.9 Å². The Bertz CT molecular complexity index is 483. The summed E-state index contributed by atoms with van der Waals surface area (Å²) in [5, 5.41) is 12.7. The number of nitrogens with one attached hydrogen (secondary N) is 1. The molecule has 0 saturated heterocycles. The normalized spacial score (nSPS) is 12.6. The van der Waals surface area contributed by atoms with Gasteiger partial charge in [-0.2, -0.15) is 0 Å². The topological polar surface area (TPSA) is 93.8 Å². The molecule has 1 aromatic carbocycles. The van der Waals surface area contributed by atoms with E-state index in [1.165, 1.54) is 13.2 Å². The highest BCUT2D eigenvalue weighted by atomic mass is 16.6. The van der Waals surface area contributed by atoms with E-state index in [2.05, 4.69) is 5.32 Å². The molecular formula is C15H24N2O4. The number of carbonyl (C=O) groups is 1. The van der Waals surface area contributed by atoms with Crippen molar-refractivity contribution in [1.82, 2.24) is 5.32 Å². The fourth-order valence-corrected chi connectivity index (χ4v) is 1.84. The average Bonchev–Trinajstić information content (AvgIpc) is 2.38. The van der Waals surface area contributed by atoms with Crippen LogP contribution in [0.4, 0.5) is 4.79 Å². The van der Waals surface area contributed by atoms with Gasteiger partial charge in [0, 0.05) is 30.6 Å². The van der Waals surface area contributed by atoms with Crippen molar-refractivity contribution in [2.75, 3.05) is 20.2 Å². The number of alkyl carbamates (subject to hydrolysis) is 1. The summed E-state index contributed by atoms with van der Waals surface area (Å²) in [4.78, 5) is 11.6. The van der Waals surface area contributed by atoms with E-state index in [9.17, 15) is 9.90 Å². The summed E-state index contributed by atoms with van der Waals surface area (Å²) in [5.41, 5.74) is 5.83. The minimum atomic E-state index is -0.551. The molecule has 1 amide bonds. The number of benzene rings is 1. The smallest absolute Gasteiger partial charge is 0.407 e. The summed E-state index contributed by atoms with van der Waals surface area (Å²) in [7, 11) is 1.53. The van der Waals surface area contributed by atoms with E-state index < -0.39 is 11.7 Å². The van der Waals surface area contributed by atoms with Gasteiger partial charge in [-0.25, -0.2) is 4.79 Å². The molecule has 0 spiro atoms. The molecule has 21 heavy (non-hydrogen) atoms. The summed E-state index contributed by atoms with van der Waals surface area (Å²) < 4.78 is 10.2. The van der Waals surface area contributed by atoms with E-state index >= 15 is 0 Å². The second kappa shape index (κ2) is 7.17. The highest BCUT2D eigenvalue weighted by Crippen LogP contribution is 2.29. The molecule has 6 nitrogen and oxygen atoms in total. The Labute approximate surface area is 125 Å². The lowest BCUT2D eigenvalue weighted by molar-refractivity contribution is 0.0524. The third-order valence-electron chi connectivity index (χ3n) is 2.85. The maximum Gasteiger partial charge on any atom is 0.407 e. The summed E-state index contributed by atoms with van der Waals surface area (Å²) >= 11 is 0. The van der Waals surface area contributed by atoms with Gasteiger partial charge in [0.25, 0.3) is 0 Å². The Morgan fingerprint density at radius 3 is 2.57 bits per heavy atom. The molecule has 0 heterocycles. The van der Waals surface area contributed by atoms with Gasteiger partial charge in [0.2, 0.25) is 0 Å². The molecule has 0 radical (unpaired) electrons. The van der Waals surface area contributed by atoms with E-state index in [4.69, 9.17) is 15.2 Å². The molecule has 1 atom stereocenters. The van der Waals surface area contributed by atoms with Gasteiger partial charge in [-0.3, -0.25) is 0 Å². The molecule has 0 aliphatic carbocycles. The van der Waals surface area contributed by atoms with Crippen LogP contribution in [0.15, 0.2) is 18.2 Å². The van der Waals surface area contributed by atoms with Gasteiger partial charge >= 0.3 is 6.09 Å². The van der Waals surface area contributed by atoms with Crippen LogP contribution in [0.1, 0.15) is 32.3 Å². The molecule has 6 heteroatoms. The largest absolute Gasteiger partial charge is 0.508 e. The lowest BCUT2D eigenvalue weighted by atomic mass is 9.98. The Balaban J connectivity index is 2.69. The molecule has 0 saturated carbocycles. The fraction of sp³-hybridized carbons (Fsp3) is 0.533. The molecule has 1 rings (SSSR count). The van der Waals surface area contributed by atoms with Crippen LogP contribution in [0.3, 0.4) is 0 Å². The fourth-order valence-electron chi connectivity index (χ4n) is 1.84. The summed E-state index contributed by atoms with van der Waals surface area (Å²) in [6, 6.07) is 5.00. The average molecular weight is 296 g/mol. The van der Waals surface area contributed by atoms with Crippen LogP contribution in [0.25, 0.3) is 0 Å². The highest BCUT2D eigenvalue weighted by Gasteiger charge is 2.19. The number of phenolic OH excluding ortho intramolecular Hbond substituents is 1. The van der Waals surface area contributed by atoms with Gasteiger partial charge in [0.05, 0.1) is 7.11 Å². The first-order valence-corrected chi connectivity index (χ1v) is 6.80. The quantitative estimate of drug-likeness (QED) is 0.772. The molecular weight excluding hydrogens is 272 g/mol. The molecule has 118 valence electrons.